The molecule has 3 rings (SSSR count). The third kappa shape index (κ3) is 3.17. The van der Waals surface area contributed by atoms with Crippen LogP contribution in [0, 0.1) is 0 Å². The number of fused-ring (bicyclic) bond motifs is 1. The minimum absolute atomic E-state index is 0.659. The Morgan fingerprint density at radius 3 is 2.57 bits per heavy atom. The number of ether oxygens (including phenoxy) is 1. The van der Waals surface area contributed by atoms with Gasteiger partial charge in [0, 0.05) is 19.0 Å². The molecular weight excluding hydrogens is 394 g/mol. The fraction of sp³-hybridized carbons (Fsp3) is 0.294. The summed E-state index contributed by atoms with van der Waals surface area (Å²) in [5.41, 5.74) is 4.24. The SMILES string of the molecule is COc1c(Br)cc(CNCC2Cc3ccccc32)cc1Br. The van der Waals surface area contributed by atoms with Crippen molar-refractivity contribution in [2.24, 2.45) is 0 Å². The summed E-state index contributed by atoms with van der Waals surface area (Å²) in [6, 6.07) is 12.9. The lowest BCUT2D eigenvalue weighted by Crippen LogP contribution is -2.28. The number of nitrogens with one attached hydrogen (secondary N) is 1. The van der Waals surface area contributed by atoms with Gasteiger partial charge in [0.25, 0.3) is 0 Å². The van der Waals surface area contributed by atoms with Crippen molar-refractivity contribution < 1.29 is 4.74 Å². The van der Waals surface area contributed by atoms with Crippen LogP contribution in [0.4, 0.5) is 0 Å². The second-order valence-corrected chi connectivity index (χ2v) is 7.03. The highest BCUT2D eigenvalue weighted by Gasteiger charge is 2.24. The van der Waals surface area contributed by atoms with E-state index in [2.05, 4.69) is 73.6 Å². The van der Waals surface area contributed by atoms with E-state index in [9.17, 15) is 0 Å². The van der Waals surface area contributed by atoms with Crippen LogP contribution in [-0.2, 0) is 13.0 Å². The van der Waals surface area contributed by atoms with E-state index in [0.717, 1.165) is 27.8 Å². The van der Waals surface area contributed by atoms with Crippen LogP contribution in [-0.4, -0.2) is 13.7 Å². The van der Waals surface area contributed by atoms with Gasteiger partial charge in [-0.2, -0.15) is 0 Å². The Morgan fingerprint density at radius 1 is 1.19 bits per heavy atom. The van der Waals surface area contributed by atoms with E-state index in [1.54, 1.807) is 7.11 Å². The summed E-state index contributed by atoms with van der Waals surface area (Å²) in [6.45, 7) is 1.89. The average molecular weight is 411 g/mol. The van der Waals surface area contributed by atoms with Crippen LogP contribution in [0.3, 0.4) is 0 Å². The summed E-state index contributed by atoms with van der Waals surface area (Å²) in [4.78, 5) is 0. The molecule has 0 radical (unpaired) electrons. The summed E-state index contributed by atoms with van der Waals surface area (Å²) in [5, 5.41) is 3.55. The molecule has 1 unspecified atom stereocenters. The monoisotopic (exact) mass is 409 g/mol. The summed E-state index contributed by atoms with van der Waals surface area (Å²) in [6.07, 6.45) is 1.19. The Hall–Kier alpha value is -0.840. The standard InChI is InChI=1S/C17H17Br2NO/c1-21-17-15(18)6-11(7-16(17)19)9-20-10-13-8-12-4-2-3-5-14(12)13/h2-7,13,20H,8-10H2,1H3. The van der Waals surface area contributed by atoms with Crippen LogP contribution < -0.4 is 10.1 Å². The second kappa shape index (κ2) is 6.51. The number of rotatable bonds is 5. The van der Waals surface area contributed by atoms with E-state index in [1.807, 2.05) is 0 Å². The van der Waals surface area contributed by atoms with Crippen molar-refractivity contribution in [3.8, 4) is 5.75 Å². The van der Waals surface area contributed by atoms with Gasteiger partial charge in [-0.25, -0.2) is 0 Å². The van der Waals surface area contributed by atoms with Gasteiger partial charge in [-0.1, -0.05) is 24.3 Å². The van der Waals surface area contributed by atoms with Gasteiger partial charge < -0.3 is 10.1 Å². The lowest BCUT2D eigenvalue weighted by Gasteiger charge is -2.30. The van der Waals surface area contributed by atoms with Crippen LogP contribution in [0.5, 0.6) is 5.75 Å². The number of halogens is 2. The Balaban J connectivity index is 1.57. The minimum Gasteiger partial charge on any atom is -0.494 e. The molecule has 1 atom stereocenters. The molecule has 0 saturated carbocycles. The zero-order valence-electron chi connectivity index (χ0n) is 11.8. The third-order valence-electron chi connectivity index (χ3n) is 3.94. The molecule has 0 amide bonds. The summed E-state index contributed by atoms with van der Waals surface area (Å²) >= 11 is 7.08. The molecule has 0 fully saturated rings. The summed E-state index contributed by atoms with van der Waals surface area (Å²) in [5.74, 6) is 1.50. The van der Waals surface area contributed by atoms with Crippen LogP contribution in [0.25, 0.3) is 0 Å². The number of benzene rings is 2. The molecule has 0 bridgehead atoms. The molecule has 2 aromatic carbocycles. The van der Waals surface area contributed by atoms with Crippen LogP contribution in [0.15, 0.2) is 45.3 Å². The van der Waals surface area contributed by atoms with Crippen LogP contribution >= 0.6 is 31.9 Å². The summed E-state index contributed by atoms with van der Waals surface area (Å²) in [7, 11) is 1.68. The van der Waals surface area contributed by atoms with E-state index >= 15 is 0 Å². The molecule has 2 nitrogen and oxygen atoms in total. The third-order valence-corrected chi connectivity index (χ3v) is 5.12. The van der Waals surface area contributed by atoms with Gasteiger partial charge in [-0.3, -0.25) is 0 Å². The molecular formula is C17H17Br2NO. The minimum atomic E-state index is 0.659. The maximum Gasteiger partial charge on any atom is 0.147 e. The molecule has 1 aliphatic carbocycles. The lowest BCUT2D eigenvalue weighted by atomic mass is 9.77. The Labute approximate surface area is 142 Å². The highest BCUT2D eigenvalue weighted by Crippen LogP contribution is 2.35. The molecule has 110 valence electrons. The van der Waals surface area contributed by atoms with Gasteiger partial charge >= 0.3 is 0 Å². The highest BCUT2D eigenvalue weighted by molar-refractivity contribution is 9.11. The second-order valence-electron chi connectivity index (χ2n) is 5.32. The van der Waals surface area contributed by atoms with E-state index in [4.69, 9.17) is 4.74 Å². The Kier molecular flexibility index (Phi) is 4.67. The maximum absolute atomic E-state index is 5.32. The fourth-order valence-corrected chi connectivity index (χ4v) is 4.45. The van der Waals surface area contributed by atoms with Crippen molar-refractivity contribution in [1.29, 1.82) is 0 Å². The number of methoxy groups -OCH3 is 1. The van der Waals surface area contributed by atoms with Gasteiger partial charge in [-0.05, 0) is 67.1 Å². The molecule has 0 saturated heterocycles. The zero-order chi connectivity index (χ0) is 14.8. The Bertz CT molecular complexity index is 634. The van der Waals surface area contributed by atoms with E-state index in [-0.39, 0.29) is 0 Å². The predicted molar refractivity (Wildman–Crippen MR) is 93.0 cm³/mol. The molecule has 0 aliphatic heterocycles. The van der Waals surface area contributed by atoms with Crippen molar-refractivity contribution in [1.82, 2.24) is 5.32 Å². The first-order valence-corrected chi connectivity index (χ1v) is 8.58. The highest BCUT2D eigenvalue weighted by atomic mass is 79.9. The fourth-order valence-electron chi connectivity index (χ4n) is 2.84. The predicted octanol–water partition coefficient (Wildman–Crippen LogP) is 4.65. The average Bonchev–Trinajstić information content (AvgIpc) is 2.43. The van der Waals surface area contributed by atoms with E-state index < -0.39 is 0 Å². The molecule has 2 aromatic rings. The smallest absolute Gasteiger partial charge is 0.147 e. The number of hydrogen-bond donors (Lipinski definition) is 1. The largest absolute Gasteiger partial charge is 0.494 e. The van der Waals surface area contributed by atoms with E-state index in [1.165, 1.54) is 23.1 Å². The quantitative estimate of drug-likeness (QED) is 0.774. The molecule has 0 aromatic heterocycles. The lowest BCUT2D eigenvalue weighted by molar-refractivity contribution is 0.409. The van der Waals surface area contributed by atoms with Gasteiger partial charge in [0.15, 0.2) is 0 Å². The number of hydrogen-bond acceptors (Lipinski definition) is 2. The van der Waals surface area contributed by atoms with Gasteiger partial charge in [-0.15, -0.1) is 0 Å². The molecule has 0 heterocycles. The van der Waals surface area contributed by atoms with Crippen LogP contribution in [0.2, 0.25) is 0 Å². The molecule has 1 aliphatic rings. The maximum atomic E-state index is 5.32. The molecule has 4 heteroatoms. The van der Waals surface area contributed by atoms with Crippen molar-refractivity contribution in [3.05, 3.63) is 62.0 Å². The first-order valence-electron chi connectivity index (χ1n) is 6.99. The van der Waals surface area contributed by atoms with Crippen LogP contribution in [0.1, 0.15) is 22.6 Å². The molecule has 0 spiro atoms. The molecule has 21 heavy (non-hydrogen) atoms. The Morgan fingerprint density at radius 2 is 1.90 bits per heavy atom. The molecule has 1 N–H and O–H groups in total. The van der Waals surface area contributed by atoms with Crippen molar-refractivity contribution in [2.75, 3.05) is 13.7 Å². The van der Waals surface area contributed by atoms with Gasteiger partial charge in [0.2, 0.25) is 0 Å². The van der Waals surface area contributed by atoms with Crippen molar-refractivity contribution >= 4 is 31.9 Å². The topological polar surface area (TPSA) is 21.3 Å². The van der Waals surface area contributed by atoms with Crippen molar-refractivity contribution in [3.63, 3.8) is 0 Å². The first kappa shape index (κ1) is 15.1. The van der Waals surface area contributed by atoms with Crippen molar-refractivity contribution in [2.45, 2.75) is 18.9 Å². The zero-order valence-corrected chi connectivity index (χ0v) is 15.0. The van der Waals surface area contributed by atoms with E-state index in [0.29, 0.717) is 5.92 Å². The first-order chi connectivity index (χ1) is 10.2. The normalized spacial score (nSPS) is 16.2. The van der Waals surface area contributed by atoms with Gasteiger partial charge in [0.05, 0.1) is 16.1 Å². The summed E-state index contributed by atoms with van der Waals surface area (Å²) < 4.78 is 7.28. The van der Waals surface area contributed by atoms with Gasteiger partial charge in [0.1, 0.15) is 5.75 Å².